The fourth-order valence-electron chi connectivity index (χ4n) is 3.14. The summed E-state index contributed by atoms with van der Waals surface area (Å²) in [6.45, 7) is 7.74. The Morgan fingerprint density at radius 3 is 3.12 bits per heavy atom. The lowest BCUT2D eigenvalue weighted by Gasteiger charge is -2.42. The van der Waals surface area contributed by atoms with Crippen molar-refractivity contribution in [3.63, 3.8) is 0 Å². The smallest absolute Gasteiger partial charge is 0.217 e. The van der Waals surface area contributed by atoms with E-state index in [0.717, 1.165) is 19.3 Å². The van der Waals surface area contributed by atoms with Gasteiger partial charge >= 0.3 is 0 Å². The van der Waals surface area contributed by atoms with Crippen LogP contribution in [0.5, 0.6) is 0 Å². The van der Waals surface area contributed by atoms with E-state index in [1.54, 1.807) is 0 Å². The third kappa shape index (κ3) is 1.85. The van der Waals surface area contributed by atoms with Gasteiger partial charge in [-0.15, -0.1) is 0 Å². The first kappa shape index (κ1) is 11.4. The molecule has 0 saturated carbocycles. The number of rotatable bonds is 2. The van der Waals surface area contributed by atoms with Crippen LogP contribution in [0.4, 0.5) is 0 Å². The number of nitrogens with zero attached hydrogens (tertiary/aromatic N) is 1. The summed E-state index contributed by atoms with van der Waals surface area (Å²) in [7, 11) is 0. The van der Waals surface area contributed by atoms with Gasteiger partial charge in [0.2, 0.25) is 6.54 Å². The lowest BCUT2D eigenvalue weighted by atomic mass is 9.85. The van der Waals surface area contributed by atoms with Crippen LogP contribution < -0.4 is 0 Å². The van der Waals surface area contributed by atoms with Crippen LogP contribution in [0.15, 0.2) is 0 Å². The molecular formula is C12H17NO4. The number of hydrogen-bond acceptors (Lipinski definition) is 4. The molecule has 1 N–H and O–H groups in total. The van der Waals surface area contributed by atoms with Crippen molar-refractivity contribution in [3.8, 4) is 0 Å². The van der Waals surface area contributed by atoms with Crippen LogP contribution in [-0.4, -0.2) is 48.5 Å². The maximum atomic E-state index is 9.60. The number of hydrogen-bond donors (Lipinski definition) is 1. The van der Waals surface area contributed by atoms with Crippen molar-refractivity contribution in [1.82, 2.24) is 0 Å². The summed E-state index contributed by atoms with van der Waals surface area (Å²) in [5.74, 6) is 0. The maximum absolute atomic E-state index is 9.60. The molecule has 1 spiro atoms. The van der Waals surface area contributed by atoms with E-state index in [1.165, 1.54) is 0 Å². The fraction of sp³-hybridized carbons (Fsp3) is 0.917. The van der Waals surface area contributed by atoms with Crippen LogP contribution in [0, 0.1) is 6.57 Å². The highest BCUT2D eigenvalue weighted by molar-refractivity contribution is 5.04. The number of fused-ring (bicyclic) bond motifs is 1. The SMILES string of the molecule is [C-]#[N+]CC[C@H]1CC[C@@H]2OC3C[C@]2(CO[C@@H]3O)O1. The van der Waals surface area contributed by atoms with E-state index in [0.29, 0.717) is 19.6 Å². The monoisotopic (exact) mass is 239 g/mol. The van der Waals surface area contributed by atoms with Crippen LogP contribution >= 0.6 is 0 Å². The third-order valence-electron chi connectivity index (χ3n) is 4.00. The standard InChI is InChI=1S/C12H17NO4/c1-13-5-4-8-2-3-10-12(17-8)6-9(16-10)11(14)15-7-12/h8-11,14H,2-7H2/t8-,9?,10+,11+,12-/m1/s1. The molecular weight excluding hydrogens is 222 g/mol. The van der Waals surface area contributed by atoms with Crippen molar-refractivity contribution in [2.24, 2.45) is 0 Å². The van der Waals surface area contributed by atoms with Crippen LogP contribution in [0.2, 0.25) is 0 Å². The van der Waals surface area contributed by atoms with Gasteiger partial charge in [0.15, 0.2) is 6.29 Å². The van der Waals surface area contributed by atoms with Gasteiger partial charge in [0, 0.05) is 12.8 Å². The molecule has 0 aromatic rings. The predicted molar refractivity (Wildman–Crippen MR) is 58.2 cm³/mol. The molecule has 5 atom stereocenters. The molecule has 3 saturated heterocycles. The highest BCUT2D eigenvalue weighted by Crippen LogP contribution is 2.46. The summed E-state index contributed by atoms with van der Waals surface area (Å²) < 4.78 is 17.2. The molecule has 3 aliphatic heterocycles. The minimum atomic E-state index is -0.809. The Hall–Kier alpha value is -0.670. The summed E-state index contributed by atoms with van der Waals surface area (Å²) in [5.41, 5.74) is -0.366. The van der Waals surface area contributed by atoms with E-state index >= 15 is 0 Å². The quantitative estimate of drug-likeness (QED) is 0.721. The van der Waals surface area contributed by atoms with E-state index in [9.17, 15) is 5.11 Å². The lowest BCUT2D eigenvalue weighted by Crippen LogP contribution is -2.54. The van der Waals surface area contributed by atoms with Crippen molar-refractivity contribution in [2.75, 3.05) is 13.2 Å². The minimum Gasteiger partial charge on any atom is -0.366 e. The van der Waals surface area contributed by atoms with Crippen molar-refractivity contribution < 1.29 is 19.3 Å². The zero-order valence-corrected chi connectivity index (χ0v) is 9.67. The van der Waals surface area contributed by atoms with Gasteiger partial charge < -0.3 is 24.2 Å². The van der Waals surface area contributed by atoms with Gasteiger partial charge in [-0.05, 0) is 12.8 Å². The molecule has 5 nitrogen and oxygen atoms in total. The molecule has 0 aliphatic carbocycles. The van der Waals surface area contributed by atoms with Gasteiger partial charge in [0.05, 0.1) is 18.8 Å². The Balaban J connectivity index is 1.70. The van der Waals surface area contributed by atoms with Gasteiger partial charge in [0.25, 0.3) is 0 Å². The Bertz CT molecular complexity index is 342. The van der Waals surface area contributed by atoms with Gasteiger partial charge in [-0.25, -0.2) is 6.57 Å². The molecule has 3 rings (SSSR count). The molecule has 94 valence electrons. The number of aliphatic hydroxyl groups is 1. The first-order valence-electron chi connectivity index (χ1n) is 6.20. The van der Waals surface area contributed by atoms with Gasteiger partial charge in [-0.2, -0.15) is 0 Å². The van der Waals surface area contributed by atoms with Crippen molar-refractivity contribution >= 4 is 0 Å². The molecule has 0 amide bonds. The predicted octanol–water partition coefficient (Wildman–Crippen LogP) is 0.720. The van der Waals surface area contributed by atoms with Gasteiger partial charge in [-0.3, -0.25) is 0 Å². The summed E-state index contributed by atoms with van der Waals surface area (Å²) in [5, 5.41) is 9.60. The zero-order valence-electron chi connectivity index (χ0n) is 9.67. The second-order valence-electron chi connectivity index (χ2n) is 5.12. The molecule has 0 aromatic carbocycles. The maximum Gasteiger partial charge on any atom is 0.217 e. The minimum absolute atomic E-state index is 0.0499. The highest BCUT2D eigenvalue weighted by Gasteiger charge is 2.58. The Labute approximate surface area is 100 Å². The Morgan fingerprint density at radius 2 is 2.29 bits per heavy atom. The average molecular weight is 239 g/mol. The van der Waals surface area contributed by atoms with Crippen LogP contribution in [-0.2, 0) is 14.2 Å². The summed E-state index contributed by atoms with van der Waals surface area (Å²) in [6, 6.07) is 0. The third-order valence-corrected chi connectivity index (χ3v) is 4.00. The van der Waals surface area contributed by atoms with E-state index in [4.69, 9.17) is 20.8 Å². The summed E-state index contributed by atoms with van der Waals surface area (Å²) in [6.07, 6.45) is 2.51. The van der Waals surface area contributed by atoms with E-state index < -0.39 is 6.29 Å². The zero-order chi connectivity index (χ0) is 11.9. The fourth-order valence-corrected chi connectivity index (χ4v) is 3.14. The van der Waals surface area contributed by atoms with Gasteiger partial charge in [0.1, 0.15) is 11.7 Å². The molecule has 2 bridgehead atoms. The summed E-state index contributed by atoms with van der Waals surface area (Å²) in [4.78, 5) is 3.37. The Morgan fingerprint density at radius 1 is 1.41 bits per heavy atom. The van der Waals surface area contributed by atoms with E-state index in [2.05, 4.69) is 4.85 Å². The molecule has 0 radical (unpaired) electrons. The number of aliphatic hydroxyl groups excluding tert-OH is 1. The first-order chi connectivity index (χ1) is 8.23. The van der Waals surface area contributed by atoms with Crippen molar-refractivity contribution in [1.29, 1.82) is 0 Å². The molecule has 3 fully saturated rings. The second-order valence-corrected chi connectivity index (χ2v) is 5.12. The molecule has 1 unspecified atom stereocenters. The number of ether oxygens (including phenoxy) is 3. The van der Waals surface area contributed by atoms with Crippen molar-refractivity contribution in [2.45, 2.75) is 55.9 Å². The van der Waals surface area contributed by atoms with Crippen molar-refractivity contribution in [3.05, 3.63) is 11.4 Å². The first-order valence-corrected chi connectivity index (χ1v) is 6.20. The normalized spacial score (nSPS) is 48.5. The molecule has 3 aliphatic rings. The summed E-state index contributed by atoms with van der Waals surface area (Å²) >= 11 is 0. The van der Waals surface area contributed by atoms with Crippen LogP contribution in [0.1, 0.15) is 25.7 Å². The average Bonchev–Trinajstić information content (AvgIpc) is 2.66. The largest absolute Gasteiger partial charge is 0.366 e. The van der Waals surface area contributed by atoms with Crippen LogP contribution in [0.3, 0.4) is 0 Å². The molecule has 5 heteroatoms. The lowest BCUT2D eigenvalue weighted by molar-refractivity contribution is -0.222. The molecule has 0 aromatic heterocycles. The van der Waals surface area contributed by atoms with E-state index in [-0.39, 0.29) is 23.9 Å². The molecule has 3 heterocycles. The topological polar surface area (TPSA) is 52.3 Å². The van der Waals surface area contributed by atoms with Crippen LogP contribution in [0.25, 0.3) is 4.85 Å². The molecule has 17 heavy (non-hydrogen) atoms. The second kappa shape index (κ2) is 4.21. The van der Waals surface area contributed by atoms with E-state index in [1.807, 2.05) is 0 Å². The highest BCUT2D eigenvalue weighted by atomic mass is 16.7. The Kier molecular flexibility index (Phi) is 2.83. The van der Waals surface area contributed by atoms with Gasteiger partial charge in [-0.1, -0.05) is 0 Å².